The highest BCUT2D eigenvalue weighted by Crippen LogP contribution is 2.38. The summed E-state index contributed by atoms with van der Waals surface area (Å²) in [6.07, 6.45) is 0. The predicted octanol–water partition coefficient (Wildman–Crippen LogP) is 6.32. The minimum Gasteiger partial charge on any atom is -0.409 e. The molecule has 5 aromatic carbocycles. The molecule has 43 heavy (non-hydrogen) atoms. The van der Waals surface area contributed by atoms with E-state index in [0.717, 1.165) is 22.3 Å². The molecule has 214 valence electrons. The van der Waals surface area contributed by atoms with Crippen molar-refractivity contribution in [2.45, 2.75) is 4.90 Å². The van der Waals surface area contributed by atoms with E-state index in [1.165, 1.54) is 3.97 Å². The van der Waals surface area contributed by atoms with Gasteiger partial charge in [0.25, 0.3) is 10.0 Å². The van der Waals surface area contributed by atoms with E-state index in [9.17, 15) is 8.42 Å². The Morgan fingerprint density at radius 2 is 1.09 bits per heavy atom. The van der Waals surface area contributed by atoms with Crippen molar-refractivity contribution < 1.29 is 18.8 Å². The average Bonchev–Trinajstić information content (AvgIpc) is 3.38. The molecule has 6 rings (SSSR count). The number of oxime groups is 2. The van der Waals surface area contributed by atoms with Crippen LogP contribution < -0.4 is 11.5 Å². The van der Waals surface area contributed by atoms with E-state index in [0.29, 0.717) is 37.4 Å². The Morgan fingerprint density at radius 1 is 0.628 bits per heavy atom. The van der Waals surface area contributed by atoms with Gasteiger partial charge in [-0.15, -0.1) is 0 Å². The molecular formula is C32H24BrN5O4S. The SMILES string of the molecule is N/C(=N\O)c1cccc(-c2ccc3c(c2)c2cc(-c4cccc(/C(N)=N/O)c4)ccc2n3S(=O)(=O)c2ccccc2Br)c1. The van der Waals surface area contributed by atoms with Gasteiger partial charge in [0.05, 0.1) is 11.0 Å². The van der Waals surface area contributed by atoms with E-state index < -0.39 is 10.0 Å². The number of amidine groups is 2. The minimum atomic E-state index is -4.03. The lowest BCUT2D eigenvalue weighted by Crippen LogP contribution is -2.13. The van der Waals surface area contributed by atoms with Gasteiger partial charge >= 0.3 is 0 Å². The van der Waals surface area contributed by atoms with Crippen molar-refractivity contribution in [1.29, 1.82) is 0 Å². The molecule has 0 amide bonds. The fraction of sp³-hybridized carbons (Fsp3) is 0. The summed E-state index contributed by atoms with van der Waals surface area (Å²) in [5.74, 6) is -0.0318. The molecule has 1 heterocycles. The summed E-state index contributed by atoms with van der Waals surface area (Å²) < 4.78 is 30.2. The standard InChI is InChI=1S/C32H24BrN5O4S/c33-27-9-1-2-10-30(27)43(41,42)38-28-13-11-21(19-5-3-7-23(15-19)31(34)36-39)17-25(28)26-18-22(12-14-29(26)38)20-6-4-8-24(16-20)32(35)37-40/h1-18,39-40H,(H2,34,36)(H2,35,37). The van der Waals surface area contributed by atoms with Gasteiger partial charge in [-0.2, -0.15) is 0 Å². The molecule has 0 saturated heterocycles. The number of nitrogens with zero attached hydrogens (tertiary/aromatic N) is 3. The summed E-state index contributed by atoms with van der Waals surface area (Å²) in [6.45, 7) is 0. The van der Waals surface area contributed by atoms with Gasteiger partial charge in [0.2, 0.25) is 0 Å². The number of fused-ring (bicyclic) bond motifs is 3. The number of hydrogen-bond donors (Lipinski definition) is 4. The Hall–Kier alpha value is -5.13. The van der Waals surface area contributed by atoms with Gasteiger partial charge in [-0.3, -0.25) is 0 Å². The minimum absolute atomic E-state index is 0.0159. The molecule has 0 aliphatic rings. The van der Waals surface area contributed by atoms with Gasteiger partial charge in [0.15, 0.2) is 11.7 Å². The zero-order valence-electron chi connectivity index (χ0n) is 22.4. The topological polar surface area (TPSA) is 156 Å². The molecule has 0 aliphatic carbocycles. The molecule has 0 fully saturated rings. The molecule has 6 N–H and O–H groups in total. The highest BCUT2D eigenvalue weighted by molar-refractivity contribution is 9.10. The smallest absolute Gasteiger partial charge is 0.269 e. The first kappa shape index (κ1) is 28.0. The second-order valence-corrected chi connectivity index (χ2v) is 12.4. The molecule has 0 atom stereocenters. The summed E-state index contributed by atoms with van der Waals surface area (Å²) in [5, 5.41) is 26.0. The molecule has 6 aromatic rings. The molecule has 9 nitrogen and oxygen atoms in total. The van der Waals surface area contributed by atoms with E-state index in [-0.39, 0.29) is 16.6 Å². The van der Waals surface area contributed by atoms with Crippen molar-refractivity contribution in [3.8, 4) is 22.3 Å². The van der Waals surface area contributed by atoms with Crippen LogP contribution in [0.25, 0.3) is 44.1 Å². The number of benzene rings is 5. The van der Waals surface area contributed by atoms with E-state index in [4.69, 9.17) is 21.9 Å². The van der Waals surface area contributed by atoms with Crippen LogP contribution >= 0.6 is 15.9 Å². The van der Waals surface area contributed by atoms with Crippen LogP contribution in [0.5, 0.6) is 0 Å². The van der Waals surface area contributed by atoms with E-state index in [1.807, 2.05) is 36.4 Å². The molecule has 0 unspecified atom stereocenters. The maximum absolute atomic E-state index is 14.2. The molecule has 11 heteroatoms. The molecule has 0 aliphatic heterocycles. The third-order valence-corrected chi connectivity index (χ3v) is 10.0. The Bertz CT molecular complexity index is 2110. The number of hydrogen-bond acceptors (Lipinski definition) is 6. The van der Waals surface area contributed by atoms with Crippen molar-refractivity contribution in [2.75, 3.05) is 0 Å². The summed E-state index contributed by atoms with van der Waals surface area (Å²) in [7, 11) is -4.03. The van der Waals surface area contributed by atoms with Crippen molar-refractivity contribution >= 4 is 59.4 Å². The van der Waals surface area contributed by atoms with Crippen LogP contribution in [0.2, 0.25) is 0 Å². The van der Waals surface area contributed by atoms with Gasteiger partial charge in [-0.05, 0) is 86.7 Å². The van der Waals surface area contributed by atoms with Crippen molar-refractivity contribution in [3.63, 3.8) is 0 Å². The maximum Gasteiger partial charge on any atom is 0.269 e. The van der Waals surface area contributed by atoms with Gasteiger partial charge in [-0.25, -0.2) is 12.4 Å². The number of halogens is 1. The highest BCUT2D eigenvalue weighted by atomic mass is 79.9. The largest absolute Gasteiger partial charge is 0.409 e. The lowest BCUT2D eigenvalue weighted by atomic mass is 9.98. The normalized spacial score (nSPS) is 12.7. The van der Waals surface area contributed by atoms with Crippen LogP contribution in [0.3, 0.4) is 0 Å². The lowest BCUT2D eigenvalue weighted by Gasteiger charge is -2.11. The van der Waals surface area contributed by atoms with E-state index in [1.54, 1.807) is 72.8 Å². The van der Waals surface area contributed by atoms with Crippen LogP contribution in [-0.2, 0) is 10.0 Å². The van der Waals surface area contributed by atoms with Gasteiger partial charge < -0.3 is 21.9 Å². The summed E-state index contributed by atoms with van der Waals surface area (Å²) >= 11 is 3.41. The summed E-state index contributed by atoms with van der Waals surface area (Å²) in [5.41, 5.74) is 17.0. The number of rotatable bonds is 6. The Balaban J connectivity index is 1.64. The molecule has 1 aromatic heterocycles. The molecular weight excluding hydrogens is 630 g/mol. The summed E-state index contributed by atoms with van der Waals surface area (Å²) in [4.78, 5) is 0.139. The summed E-state index contributed by atoms with van der Waals surface area (Å²) in [6, 6.07) is 32.3. The van der Waals surface area contributed by atoms with Gasteiger partial charge in [0.1, 0.15) is 4.90 Å². The maximum atomic E-state index is 14.2. The van der Waals surface area contributed by atoms with Gasteiger partial charge in [0, 0.05) is 26.4 Å². The van der Waals surface area contributed by atoms with Crippen LogP contribution in [0.15, 0.2) is 129 Å². The average molecular weight is 655 g/mol. The molecule has 0 saturated carbocycles. The first-order valence-electron chi connectivity index (χ1n) is 13.0. The predicted molar refractivity (Wildman–Crippen MR) is 172 cm³/mol. The zero-order valence-corrected chi connectivity index (χ0v) is 24.8. The van der Waals surface area contributed by atoms with Crippen LogP contribution in [-0.4, -0.2) is 34.5 Å². The lowest BCUT2D eigenvalue weighted by molar-refractivity contribution is 0.318. The van der Waals surface area contributed by atoms with Crippen LogP contribution in [0, 0.1) is 0 Å². The number of nitrogens with two attached hydrogens (primary N) is 2. The van der Waals surface area contributed by atoms with E-state index >= 15 is 0 Å². The van der Waals surface area contributed by atoms with Crippen molar-refractivity contribution in [3.05, 3.63) is 125 Å². The van der Waals surface area contributed by atoms with E-state index in [2.05, 4.69) is 26.2 Å². The fourth-order valence-electron chi connectivity index (χ4n) is 5.19. The highest BCUT2D eigenvalue weighted by Gasteiger charge is 2.26. The first-order chi connectivity index (χ1) is 20.7. The van der Waals surface area contributed by atoms with Crippen LogP contribution in [0.1, 0.15) is 11.1 Å². The molecule has 0 radical (unpaired) electrons. The monoisotopic (exact) mass is 653 g/mol. The van der Waals surface area contributed by atoms with Gasteiger partial charge in [-0.1, -0.05) is 71.0 Å². The van der Waals surface area contributed by atoms with Crippen molar-refractivity contribution in [2.24, 2.45) is 21.8 Å². The van der Waals surface area contributed by atoms with Crippen molar-refractivity contribution in [1.82, 2.24) is 3.97 Å². The quantitative estimate of drug-likeness (QED) is 0.0713. The third kappa shape index (κ3) is 4.88. The third-order valence-electron chi connectivity index (χ3n) is 7.27. The second kappa shape index (κ2) is 10.9. The number of aromatic nitrogens is 1. The molecule has 0 bridgehead atoms. The molecule has 0 spiro atoms. The Labute approximate surface area is 255 Å². The Kier molecular flexibility index (Phi) is 7.12. The first-order valence-corrected chi connectivity index (χ1v) is 15.2. The fourth-order valence-corrected chi connectivity index (χ4v) is 7.69. The zero-order chi connectivity index (χ0) is 30.3. The van der Waals surface area contributed by atoms with Crippen LogP contribution in [0.4, 0.5) is 0 Å². The Morgan fingerprint density at radius 3 is 1.56 bits per heavy atom. The second-order valence-electron chi connectivity index (χ2n) is 9.80.